The van der Waals surface area contributed by atoms with Gasteiger partial charge in [0.05, 0.1) is 41.8 Å². The van der Waals surface area contributed by atoms with E-state index in [0.29, 0.717) is 92.9 Å². The van der Waals surface area contributed by atoms with Crippen molar-refractivity contribution >= 4 is 56.6 Å². The van der Waals surface area contributed by atoms with Crippen LogP contribution in [0.3, 0.4) is 0 Å². The number of nitrogens with zero attached hydrogens (tertiary/aromatic N) is 4. The maximum absolute atomic E-state index is 13.4. The van der Waals surface area contributed by atoms with E-state index in [1.807, 2.05) is 50.2 Å². The van der Waals surface area contributed by atoms with Crippen LogP contribution in [0.15, 0.2) is 83.6 Å². The van der Waals surface area contributed by atoms with Gasteiger partial charge in [0.2, 0.25) is 5.91 Å². The highest BCUT2D eigenvalue weighted by molar-refractivity contribution is 9.10. The van der Waals surface area contributed by atoms with Gasteiger partial charge in [0.15, 0.2) is 11.6 Å². The van der Waals surface area contributed by atoms with Crippen molar-refractivity contribution in [2.45, 2.75) is 104 Å². The summed E-state index contributed by atoms with van der Waals surface area (Å²) in [6.07, 6.45) is 13.3. The second kappa shape index (κ2) is 21.7. The number of aromatic nitrogens is 2. The number of benzene rings is 3. The number of Topliss-reactive ketones (excluding diaryl/α,β-unsaturated/α-hetero) is 2. The van der Waals surface area contributed by atoms with Gasteiger partial charge in [0.25, 0.3) is 5.69 Å². The smallest absolute Gasteiger partial charge is 0.325 e. The average Bonchev–Trinajstić information content (AvgIpc) is 3.80. The van der Waals surface area contributed by atoms with Crippen LogP contribution >= 0.6 is 15.9 Å². The number of aryl methyl sites for hydroxylation is 2. The van der Waals surface area contributed by atoms with Gasteiger partial charge >= 0.3 is 6.03 Å². The molecule has 66 heavy (non-hydrogen) atoms. The Balaban J connectivity index is 0.796. The molecule has 4 atom stereocenters. The quantitative estimate of drug-likeness (QED) is 0.0302. The number of rotatable bonds is 19. The van der Waals surface area contributed by atoms with E-state index < -0.39 is 6.03 Å². The summed E-state index contributed by atoms with van der Waals surface area (Å²) in [5, 5.41) is 17.0. The number of ether oxygens (including phenoxy) is 2. The van der Waals surface area contributed by atoms with Crippen LogP contribution in [0.25, 0.3) is 0 Å². The number of hydrogen-bond donors (Lipinski definition) is 2. The average molecular weight is 964 g/mol. The maximum Gasteiger partial charge on any atom is 0.325 e. The number of non-ortho nitro benzene ring substituents is 1. The molecule has 3 aliphatic rings. The van der Waals surface area contributed by atoms with Gasteiger partial charge in [-0.25, -0.2) is 9.78 Å². The normalized spacial score (nSPS) is 18.8. The number of nitrogens with one attached hydrogen (secondary N) is 2. The number of allylic oxidation sites excluding steroid dienone is 2. The molecule has 3 amide bonds. The van der Waals surface area contributed by atoms with Crippen molar-refractivity contribution in [2.24, 2.45) is 17.3 Å². The molecule has 15 heteroatoms. The maximum atomic E-state index is 13.4. The van der Waals surface area contributed by atoms with Gasteiger partial charge in [0.1, 0.15) is 24.2 Å². The van der Waals surface area contributed by atoms with Crippen LogP contribution in [0.2, 0.25) is 0 Å². The summed E-state index contributed by atoms with van der Waals surface area (Å²) in [5.41, 5.74) is 5.88. The van der Waals surface area contributed by atoms with Gasteiger partial charge < -0.3 is 19.7 Å². The van der Waals surface area contributed by atoms with Crippen molar-refractivity contribution in [3.05, 3.63) is 127 Å². The standard InChI is InChI=1S/C51H59BrN6O8/c1-32-23-47(45(27-44(32)52)55-50(62)56-48-29-53-33(2)28-54-48)66-31-39-30-57(21-22-65-39)49(61)12-7-5-6-9-38(59)24-34-13-15-35(16-14-34)46(60)19-20-51(3,4)43-25-36-17-18-37(58(63)64)26-42(36)40-10-8-11-41(40)43/h8,10,13-18,23,26-29,39-41,43H,5-7,9,11-12,19-22,24-25,30-31H2,1-4H3,(H2,54,55,56,62)/t39-,40?,41?,43?/m0/s1. The van der Waals surface area contributed by atoms with E-state index in [0.717, 1.165) is 58.1 Å². The number of amides is 3. The number of halogens is 1. The molecule has 1 aliphatic heterocycles. The van der Waals surface area contributed by atoms with E-state index in [1.165, 1.54) is 6.20 Å². The minimum Gasteiger partial charge on any atom is -0.489 e. The lowest BCUT2D eigenvalue weighted by molar-refractivity contribution is -0.385. The van der Waals surface area contributed by atoms with E-state index in [4.69, 9.17) is 9.47 Å². The summed E-state index contributed by atoms with van der Waals surface area (Å²) >= 11 is 3.53. The molecule has 7 rings (SSSR count). The highest BCUT2D eigenvalue weighted by atomic mass is 79.9. The number of urea groups is 1. The number of nitro benzene ring substituents is 1. The van der Waals surface area contributed by atoms with Crippen molar-refractivity contribution in [2.75, 3.05) is 36.9 Å². The number of nitro groups is 1. The van der Waals surface area contributed by atoms with Crippen LogP contribution in [0.5, 0.6) is 5.75 Å². The molecule has 14 nitrogen and oxygen atoms in total. The molecule has 1 saturated heterocycles. The Morgan fingerprint density at radius 2 is 1.76 bits per heavy atom. The first kappa shape index (κ1) is 48.1. The molecule has 0 radical (unpaired) electrons. The second-order valence-corrected chi connectivity index (χ2v) is 19.4. The van der Waals surface area contributed by atoms with Gasteiger partial charge in [-0.15, -0.1) is 0 Å². The lowest BCUT2D eigenvalue weighted by Crippen LogP contribution is -2.47. The largest absolute Gasteiger partial charge is 0.489 e. The summed E-state index contributed by atoms with van der Waals surface area (Å²) in [7, 11) is 0. The Hall–Kier alpha value is -5.80. The van der Waals surface area contributed by atoms with Crippen LogP contribution in [0.1, 0.15) is 109 Å². The third kappa shape index (κ3) is 12.3. The molecule has 4 aromatic rings. The molecule has 348 valence electrons. The molecule has 0 bridgehead atoms. The fourth-order valence-electron chi connectivity index (χ4n) is 9.51. The number of morpholine rings is 1. The van der Waals surface area contributed by atoms with E-state index in [-0.39, 0.29) is 52.1 Å². The number of carbonyl (C=O) groups excluding carboxylic acids is 4. The number of fused-ring (bicyclic) bond motifs is 3. The van der Waals surface area contributed by atoms with Crippen LogP contribution < -0.4 is 15.4 Å². The summed E-state index contributed by atoms with van der Waals surface area (Å²) in [6, 6.07) is 15.8. The molecule has 2 heterocycles. The first-order valence-corrected chi connectivity index (χ1v) is 23.7. The van der Waals surface area contributed by atoms with Crippen molar-refractivity contribution in [3.63, 3.8) is 0 Å². The van der Waals surface area contributed by atoms with Crippen LogP contribution in [0.4, 0.5) is 22.0 Å². The highest BCUT2D eigenvalue weighted by Crippen LogP contribution is 2.53. The Morgan fingerprint density at radius 1 is 0.970 bits per heavy atom. The third-order valence-electron chi connectivity index (χ3n) is 13.3. The summed E-state index contributed by atoms with van der Waals surface area (Å²) in [5.74, 6) is 1.89. The molecular formula is C51H59BrN6O8. The molecule has 3 aromatic carbocycles. The predicted octanol–water partition coefficient (Wildman–Crippen LogP) is 10.3. The molecular weight excluding hydrogens is 904 g/mol. The first-order chi connectivity index (χ1) is 31.6. The fraction of sp³-hybridized carbons (Fsp3) is 0.451. The topological polar surface area (TPSA) is 183 Å². The molecule has 0 saturated carbocycles. The van der Waals surface area contributed by atoms with Crippen LogP contribution in [-0.4, -0.2) is 75.7 Å². The van der Waals surface area contributed by atoms with Crippen molar-refractivity contribution in [1.82, 2.24) is 14.9 Å². The zero-order chi connectivity index (χ0) is 47.0. The van der Waals surface area contributed by atoms with Gasteiger partial charge in [-0.3, -0.25) is 34.8 Å². The monoisotopic (exact) mass is 962 g/mol. The van der Waals surface area contributed by atoms with Gasteiger partial charge in [0, 0.05) is 60.3 Å². The lowest BCUT2D eigenvalue weighted by Gasteiger charge is -2.44. The van der Waals surface area contributed by atoms with E-state index in [1.54, 1.807) is 29.3 Å². The Bertz CT molecular complexity index is 2460. The Kier molecular flexibility index (Phi) is 15.8. The predicted molar refractivity (Wildman–Crippen MR) is 256 cm³/mol. The number of ketones is 2. The summed E-state index contributed by atoms with van der Waals surface area (Å²) in [4.78, 5) is 73.5. The minimum absolute atomic E-state index is 0.0418. The number of carbonyl (C=O) groups is 4. The van der Waals surface area contributed by atoms with Crippen molar-refractivity contribution in [1.29, 1.82) is 0 Å². The van der Waals surface area contributed by atoms with Crippen molar-refractivity contribution < 1.29 is 33.6 Å². The molecule has 2 N–H and O–H groups in total. The summed E-state index contributed by atoms with van der Waals surface area (Å²) < 4.78 is 12.9. The highest BCUT2D eigenvalue weighted by Gasteiger charge is 2.44. The number of hydrogen-bond acceptors (Lipinski definition) is 10. The van der Waals surface area contributed by atoms with Crippen LogP contribution in [0, 0.1) is 41.2 Å². The molecule has 1 fully saturated rings. The Morgan fingerprint density at radius 3 is 2.52 bits per heavy atom. The summed E-state index contributed by atoms with van der Waals surface area (Å²) in [6.45, 7) is 9.67. The zero-order valence-corrected chi connectivity index (χ0v) is 39.7. The van der Waals surface area contributed by atoms with Gasteiger partial charge in [-0.2, -0.15) is 0 Å². The fourth-order valence-corrected chi connectivity index (χ4v) is 9.85. The molecule has 1 aromatic heterocycles. The van der Waals surface area contributed by atoms with E-state index >= 15 is 0 Å². The first-order valence-electron chi connectivity index (χ1n) is 22.9. The third-order valence-corrected chi connectivity index (χ3v) is 14.2. The second-order valence-electron chi connectivity index (χ2n) is 18.6. The van der Waals surface area contributed by atoms with E-state index in [9.17, 15) is 29.3 Å². The SMILES string of the molecule is Cc1cnc(NC(=O)Nc2cc(Br)c(C)cc2OC[C@@H]2CN(C(=O)CCCCCC(=O)Cc3ccc(C(=O)CCC(C)(C)C4Cc5ccc([N+](=O)[O-])cc5C5C=CCC54)cc3)CCO2)cn1. The Labute approximate surface area is 394 Å². The van der Waals surface area contributed by atoms with Crippen molar-refractivity contribution in [3.8, 4) is 5.75 Å². The van der Waals surface area contributed by atoms with E-state index in [2.05, 4.69) is 62.5 Å². The lowest BCUT2D eigenvalue weighted by atomic mass is 9.59. The number of unbranched alkanes of at least 4 members (excludes halogenated alkanes) is 2. The van der Waals surface area contributed by atoms with Gasteiger partial charge in [-0.1, -0.05) is 78.7 Å². The van der Waals surface area contributed by atoms with Crippen LogP contribution in [-0.2, 0) is 27.2 Å². The van der Waals surface area contributed by atoms with Gasteiger partial charge in [-0.05, 0) is 97.6 Å². The molecule has 2 aliphatic carbocycles. The zero-order valence-electron chi connectivity index (χ0n) is 38.1. The minimum atomic E-state index is -0.501. The molecule has 0 spiro atoms. The number of anilines is 2. The molecule has 3 unspecified atom stereocenters.